The summed E-state index contributed by atoms with van der Waals surface area (Å²) in [6.45, 7) is 2.30. The number of aryl methyl sites for hydroxylation is 1. The lowest BCUT2D eigenvalue weighted by Gasteiger charge is -2.12. The number of nitrogens with one attached hydrogen (secondary N) is 1. The van der Waals surface area contributed by atoms with E-state index in [0.717, 1.165) is 31.6 Å². The molecule has 1 saturated heterocycles. The fourth-order valence-electron chi connectivity index (χ4n) is 2.07. The Morgan fingerprint density at radius 2 is 2.61 bits per heavy atom. The Kier molecular flexibility index (Phi) is 4.33. The van der Waals surface area contributed by atoms with Gasteiger partial charge in [0.25, 0.3) is 0 Å². The maximum Gasteiger partial charge on any atom is 0.241 e. The molecule has 100 valence electrons. The minimum Gasteiger partial charge on any atom is -0.381 e. The molecule has 1 fully saturated rings. The van der Waals surface area contributed by atoms with Crippen LogP contribution in [0.5, 0.6) is 0 Å². The highest BCUT2D eigenvalue weighted by molar-refractivity contribution is 5.82. The molecule has 0 saturated carbocycles. The van der Waals surface area contributed by atoms with Crippen molar-refractivity contribution >= 4 is 5.91 Å². The number of amides is 1. The Bertz CT molecular complexity index is 399. The van der Waals surface area contributed by atoms with Crippen LogP contribution in [-0.2, 0) is 16.6 Å². The van der Waals surface area contributed by atoms with Crippen LogP contribution in [0.15, 0.2) is 12.4 Å². The Morgan fingerprint density at radius 3 is 3.22 bits per heavy atom. The van der Waals surface area contributed by atoms with E-state index in [2.05, 4.69) is 10.4 Å². The predicted octanol–water partition coefficient (Wildman–Crippen LogP) is -0.0373. The third-order valence-electron chi connectivity index (χ3n) is 3.24. The molecular formula is C12H20N4O2. The van der Waals surface area contributed by atoms with Crippen molar-refractivity contribution in [1.29, 1.82) is 0 Å². The Hall–Kier alpha value is -1.40. The fraction of sp³-hybridized carbons (Fsp3) is 0.667. The number of ether oxygens (including phenoxy) is 1. The maximum atomic E-state index is 11.8. The van der Waals surface area contributed by atoms with Gasteiger partial charge in [-0.05, 0) is 18.8 Å². The topological polar surface area (TPSA) is 82.2 Å². The molecule has 0 bridgehead atoms. The molecule has 1 aliphatic rings. The molecule has 18 heavy (non-hydrogen) atoms. The lowest BCUT2D eigenvalue weighted by atomic mass is 10.1. The van der Waals surface area contributed by atoms with Crippen molar-refractivity contribution in [3.63, 3.8) is 0 Å². The van der Waals surface area contributed by atoms with E-state index in [0.29, 0.717) is 12.5 Å². The van der Waals surface area contributed by atoms with Gasteiger partial charge < -0.3 is 15.8 Å². The number of nitrogens with zero attached hydrogens (tertiary/aromatic N) is 2. The van der Waals surface area contributed by atoms with Crippen molar-refractivity contribution in [3.05, 3.63) is 18.0 Å². The molecule has 0 aromatic carbocycles. The molecule has 0 spiro atoms. The van der Waals surface area contributed by atoms with Crippen LogP contribution in [0.25, 0.3) is 0 Å². The number of nitrogens with two attached hydrogens (primary N) is 1. The summed E-state index contributed by atoms with van der Waals surface area (Å²) in [6.07, 6.45) is 5.42. The first kappa shape index (κ1) is 13.0. The van der Waals surface area contributed by atoms with Gasteiger partial charge in [0.05, 0.1) is 6.20 Å². The number of aromatic nitrogens is 2. The van der Waals surface area contributed by atoms with Gasteiger partial charge in [0.2, 0.25) is 5.91 Å². The minimum atomic E-state index is -0.640. The van der Waals surface area contributed by atoms with Gasteiger partial charge in [0.15, 0.2) is 0 Å². The predicted molar refractivity (Wildman–Crippen MR) is 66.7 cm³/mol. The molecule has 1 aromatic rings. The quantitative estimate of drug-likeness (QED) is 0.770. The second-order valence-corrected chi connectivity index (χ2v) is 4.73. The summed E-state index contributed by atoms with van der Waals surface area (Å²) in [5.41, 5.74) is 6.59. The highest BCUT2D eigenvalue weighted by Gasteiger charge is 2.19. The van der Waals surface area contributed by atoms with E-state index in [1.54, 1.807) is 24.1 Å². The van der Waals surface area contributed by atoms with Crippen LogP contribution in [0.1, 0.15) is 24.4 Å². The van der Waals surface area contributed by atoms with E-state index in [1.165, 1.54) is 0 Å². The molecule has 2 atom stereocenters. The summed E-state index contributed by atoms with van der Waals surface area (Å²) in [5.74, 6) is 0.418. The van der Waals surface area contributed by atoms with Crippen molar-refractivity contribution < 1.29 is 9.53 Å². The van der Waals surface area contributed by atoms with Crippen LogP contribution in [-0.4, -0.2) is 35.4 Å². The minimum absolute atomic E-state index is 0.151. The van der Waals surface area contributed by atoms with Crippen molar-refractivity contribution in [1.82, 2.24) is 15.1 Å². The van der Waals surface area contributed by atoms with Gasteiger partial charge in [-0.1, -0.05) is 0 Å². The standard InChI is InChI=1S/C12H20N4O2/c1-16-7-10(6-15-16)11(13)12(17)14-4-2-9-3-5-18-8-9/h6-7,9,11H,2-5,8,13H2,1H3,(H,14,17). The zero-order valence-electron chi connectivity index (χ0n) is 10.6. The lowest BCUT2D eigenvalue weighted by molar-refractivity contribution is -0.122. The van der Waals surface area contributed by atoms with E-state index in [-0.39, 0.29) is 5.91 Å². The summed E-state index contributed by atoms with van der Waals surface area (Å²) >= 11 is 0. The van der Waals surface area contributed by atoms with Crippen molar-refractivity contribution in [3.8, 4) is 0 Å². The molecule has 3 N–H and O–H groups in total. The van der Waals surface area contributed by atoms with Crippen LogP contribution >= 0.6 is 0 Å². The maximum absolute atomic E-state index is 11.8. The van der Waals surface area contributed by atoms with Gasteiger partial charge in [-0.2, -0.15) is 5.10 Å². The molecular weight excluding hydrogens is 232 g/mol. The van der Waals surface area contributed by atoms with E-state index in [4.69, 9.17) is 10.5 Å². The molecule has 6 heteroatoms. The summed E-state index contributed by atoms with van der Waals surface area (Å²) in [5, 5.41) is 6.86. The van der Waals surface area contributed by atoms with Crippen LogP contribution in [0.3, 0.4) is 0 Å². The molecule has 6 nitrogen and oxygen atoms in total. The van der Waals surface area contributed by atoms with Gasteiger partial charge in [0, 0.05) is 38.6 Å². The molecule has 2 unspecified atom stereocenters. The van der Waals surface area contributed by atoms with Crippen LogP contribution in [0.4, 0.5) is 0 Å². The number of hydrogen-bond donors (Lipinski definition) is 2. The molecule has 0 radical (unpaired) electrons. The summed E-state index contributed by atoms with van der Waals surface area (Å²) < 4.78 is 6.92. The zero-order valence-corrected chi connectivity index (χ0v) is 10.6. The van der Waals surface area contributed by atoms with Gasteiger partial charge >= 0.3 is 0 Å². The smallest absolute Gasteiger partial charge is 0.241 e. The summed E-state index contributed by atoms with van der Waals surface area (Å²) in [6, 6.07) is -0.640. The molecule has 1 aromatic heterocycles. The Morgan fingerprint density at radius 1 is 1.78 bits per heavy atom. The van der Waals surface area contributed by atoms with Gasteiger partial charge in [0.1, 0.15) is 6.04 Å². The van der Waals surface area contributed by atoms with Crippen molar-refractivity contribution in [2.75, 3.05) is 19.8 Å². The average molecular weight is 252 g/mol. The first-order valence-corrected chi connectivity index (χ1v) is 6.26. The van der Waals surface area contributed by atoms with Crippen molar-refractivity contribution in [2.24, 2.45) is 18.7 Å². The summed E-state index contributed by atoms with van der Waals surface area (Å²) in [7, 11) is 1.80. The monoisotopic (exact) mass is 252 g/mol. The third kappa shape index (κ3) is 3.30. The van der Waals surface area contributed by atoms with Gasteiger partial charge in [-0.15, -0.1) is 0 Å². The first-order chi connectivity index (χ1) is 8.66. The number of carbonyl (C=O) groups excluding carboxylic acids is 1. The Labute approximate surface area is 106 Å². The van der Waals surface area contributed by atoms with Crippen LogP contribution < -0.4 is 11.1 Å². The van der Waals surface area contributed by atoms with Crippen LogP contribution in [0, 0.1) is 5.92 Å². The fourth-order valence-corrected chi connectivity index (χ4v) is 2.07. The third-order valence-corrected chi connectivity index (χ3v) is 3.24. The highest BCUT2D eigenvalue weighted by atomic mass is 16.5. The summed E-state index contributed by atoms with van der Waals surface area (Å²) in [4.78, 5) is 11.8. The SMILES string of the molecule is Cn1cc(C(N)C(=O)NCCC2CCOC2)cn1. The lowest BCUT2D eigenvalue weighted by Crippen LogP contribution is -2.35. The molecule has 1 aliphatic heterocycles. The molecule has 2 rings (SSSR count). The zero-order chi connectivity index (χ0) is 13.0. The largest absolute Gasteiger partial charge is 0.381 e. The molecule has 1 amide bonds. The van der Waals surface area contributed by atoms with E-state index >= 15 is 0 Å². The second-order valence-electron chi connectivity index (χ2n) is 4.73. The normalized spacial score (nSPS) is 20.9. The molecule has 0 aliphatic carbocycles. The van der Waals surface area contributed by atoms with Crippen molar-refractivity contribution in [2.45, 2.75) is 18.9 Å². The number of rotatable bonds is 5. The van der Waals surface area contributed by atoms with Gasteiger partial charge in [-0.3, -0.25) is 9.48 Å². The average Bonchev–Trinajstić information content (AvgIpc) is 2.99. The number of hydrogen-bond acceptors (Lipinski definition) is 4. The molecule has 2 heterocycles. The highest BCUT2D eigenvalue weighted by Crippen LogP contribution is 2.15. The first-order valence-electron chi connectivity index (χ1n) is 6.26. The van der Waals surface area contributed by atoms with Gasteiger partial charge in [-0.25, -0.2) is 0 Å². The van der Waals surface area contributed by atoms with E-state index in [1.807, 2.05) is 0 Å². The van der Waals surface area contributed by atoms with E-state index in [9.17, 15) is 4.79 Å². The number of carbonyl (C=O) groups is 1. The second kappa shape index (κ2) is 5.97. The Balaban J connectivity index is 1.73. The van der Waals surface area contributed by atoms with Crippen LogP contribution in [0.2, 0.25) is 0 Å². The van der Waals surface area contributed by atoms with E-state index < -0.39 is 6.04 Å².